The predicted molar refractivity (Wildman–Crippen MR) is 120 cm³/mol. The van der Waals surface area contributed by atoms with Crippen LogP contribution in [0.25, 0.3) is 0 Å². The van der Waals surface area contributed by atoms with Crippen molar-refractivity contribution >= 4 is 34.9 Å². The van der Waals surface area contributed by atoms with Crippen LogP contribution in [0.1, 0.15) is 35.6 Å². The normalized spacial score (nSPS) is 15.3. The molecule has 0 spiro atoms. The standard InChI is InChI=1S/C24H20Cl2F2N2O/c25-19-10-8-15(12-20(19)26)14-30(23-7-3-5-16-4-1-2-6-18(16)23)24(31)29-22-11-9-17(27)13-21(22)28/h1-2,4,6,8-13,23H,3,5,7,14H2,(H,29,31). The summed E-state index contributed by atoms with van der Waals surface area (Å²) in [4.78, 5) is 15.0. The maximum Gasteiger partial charge on any atom is 0.322 e. The van der Waals surface area contributed by atoms with Crippen molar-refractivity contribution in [1.82, 2.24) is 4.90 Å². The highest BCUT2D eigenvalue weighted by molar-refractivity contribution is 6.42. The van der Waals surface area contributed by atoms with Crippen LogP contribution in [0, 0.1) is 11.6 Å². The van der Waals surface area contributed by atoms with E-state index in [9.17, 15) is 13.6 Å². The van der Waals surface area contributed by atoms with Crippen LogP contribution in [-0.2, 0) is 13.0 Å². The Morgan fingerprint density at radius 2 is 1.84 bits per heavy atom. The Kier molecular flexibility index (Phi) is 6.44. The van der Waals surface area contributed by atoms with E-state index in [1.807, 2.05) is 24.3 Å². The third-order valence-corrected chi connectivity index (χ3v) is 6.22. The van der Waals surface area contributed by atoms with E-state index in [1.165, 1.54) is 11.6 Å². The Hall–Kier alpha value is -2.63. The minimum Gasteiger partial charge on any atom is -0.313 e. The van der Waals surface area contributed by atoms with Crippen LogP contribution in [0.4, 0.5) is 19.3 Å². The van der Waals surface area contributed by atoms with Crippen molar-refractivity contribution in [2.24, 2.45) is 0 Å². The van der Waals surface area contributed by atoms with Gasteiger partial charge in [0, 0.05) is 12.6 Å². The summed E-state index contributed by atoms with van der Waals surface area (Å²) < 4.78 is 27.4. The summed E-state index contributed by atoms with van der Waals surface area (Å²) in [5, 5.41) is 3.42. The van der Waals surface area contributed by atoms with Crippen molar-refractivity contribution in [3.05, 3.63) is 99.0 Å². The first-order chi connectivity index (χ1) is 14.9. The molecule has 0 radical (unpaired) electrons. The van der Waals surface area contributed by atoms with Crippen molar-refractivity contribution < 1.29 is 13.6 Å². The van der Waals surface area contributed by atoms with E-state index in [2.05, 4.69) is 11.4 Å². The minimum absolute atomic E-state index is 0.0744. The highest BCUT2D eigenvalue weighted by Crippen LogP contribution is 2.36. The average molecular weight is 461 g/mol. The third-order valence-electron chi connectivity index (χ3n) is 5.48. The molecular formula is C24H20Cl2F2N2O. The number of benzene rings is 3. The molecule has 2 amide bonds. The topological polar surface area (TPSA) is 32.3 Å². The molecule has 1 unspecified atom stereocenters. The van der Waals surface area contributed by atoms with Gasteiger partial charge in [-0.1, -0.05) is 53.5 Å². The number of amides is 2. The molecule has 160 valence electrons. The molecule has 1 atom stereocenters. The first-order valence-electron chi connectivity index (χ1n) is 9.97. The van der Waals surface area contributed by atoms with Gasteiger partial charge in [0.2, 0.25) is 0 Å². The van der Waals surface area contributed by atoms with Gasteiger partial charge < -0.3 is 10.2 Å². The number of hydrogen-bond acceptors (Lipinski definition) is 1. The van der Waals surface area contributed by atoms with Crippen LogP contribution in [0.2, 0.25) is 10.0 Å². The zero-order valence-electron chi connectivity index (χ0n) is 16.5. The van der Waals surface area contributed by atoms with Gasteiger partial charge in [0.15, 0.2) is 0 Å². The number of hydrogen-bond donors (Lipinski definition) is 1. The summed E-state index contributed by atoms with van der Waals surface area (Å²) in [7, 11) is 0. The minimum atomic E-state index is -0.827. The molecule has 31 heavy (non-hydrogen) atoms. The first-order valence-corrected chi connectivity index (χ1v) is 10.7. The fraction of sp³-hybridized carbons (Fsp3) is 0.208. The number of fused-ring (bicyclic) bond motifs is 1. The monoisotopic (exact) mass is 460 g/mol. The largest absolute Gasteiger partial charge is 0.322 e. The van der Waals surface area contributed by atoms with Crippen LogP contribution < -0.4 is 5.32 Å². The van der Waals surface area contributed by atoms with E-state index in [0.717, 1.165) is 42.5 Å². The van der Waals surface area contributed by atoms with Crippen molar-refractivity contribution in [2.45, 2.75) is 31.8 Å². The summed E-state index contributed by atoms with van der Waals surface area (Å²) in [6.07, 6.45) is 2.65. The van der Waals surface area contributed by atoms with Gasteiger partial charge in [-0.15, -0.1) is 0 Å². The zero-order valence-corrected chi connectivity index (χ0v) is 18.1. The number of urea groups is 1. The molecule has 3 aromatic rings. The van der Waals surface area contributed by atoms with Gasteiger partial charge >= 0.3 is 6.03 Å². The maximum atomic E-state index is 14.2. The predicted octanol–water partition coefficient (Wildman–Crippen LogP) is 7.38. The van der Waals surface area contributed by atoms with Gasteiger partial charge in [0.25, 0.3) is 0 Å². The molecule has 1 aliphatic rings. The maximum absolute atomic E-state index is 14.2. The number of nitrogens with zero attached hydrogens (tertiary/aromatic N) is 1. The lowest BCUT2D eigenvalue weighted by Crippen LogP contribution is -2.39. The summed E-state index contributed by atoms with van der Waals surface area (Å²) >= 11 is 12.2. The van der Waals surface area contributed by atoms with Crippen LogP contribution >= 0.6 is 23.2 Å². The van der Waals surface area contributed by atoms with Crippen molar-refractivity contribution in [3.8, 4) is 0 Å². The summed E-state index contributed by atoms with van der Waals surface area (Å²) in [5.74, 6) is -1.53. The van der Waals surface area contributed by atoms with Crippen molar-refractivity contribution in [2.75, 3.05) is 5.32 Å². The highest BCUT2D eigenvalue weighted by atomic mass is 35.5. The van der Waals surface area contributed by atoms with Crippen molar-refractivity contribution in [3.63, 3.8) is 0 Å². The fourth-order valence-electron chi connectivity index (χ4n) is 3.99. The second-order valence-electron chi connectivity index (χ2n) is 7.54. The average Bonchev–Trinajstić information content (AvgIpc) is 2.76. The Bertz CT molecular complexity index is 1120. The van der Waals surface area contributed by atoms with E-state index in [1.54, 1.807) is 17.0 Å². The molecule has 4 rings (SSSR count). The lowest BCUT2D eigenvalue weighted by molar-refractivity contribution is 0.175. The molecule has 1 aliphatic carbocycles. The van der Waals surface area contributed by atoms with Crippen molar-refractivity contribution in [1.29, 1.82) is 0 Å². The number of halogens is 4. The van der Waals surface area contributed by atoms with Gasteiger partial charge in [0.1, 0.15) is 11.6 Å². The molecular weight excluding hydrogens is 441 g/mol. The fourth-order valence-corrected chi connectivity index (χ4v) is 4.31. The lowest BCUT2D eigenvalue weighted by Gasteiger charge is -2.36. The van der Waals surface area contributed by atoms with E-state index in [4.69, 9.17) is 23.2 Å². The highest BCUT2D eigenvalue weighted by Gasteiger charge is 2.30. The molecule has 0 aromatic heterocycles. The SMILES string of the molecule is O=C(Nc1ccc(F)cc1F)N(Cc1ccc(Cl)c(Cl)c1)C1CCCc2ccccc21. The lowest BCUT2D eigenvalue weighted by atomic mass is 9.86. The van der Waals surface area contributed by atoms with Gasteiger partial charge in [-0.25, -0.2) is 13.6 Å². The Labute approximate surface area is 189 Å². The molecule has 0 aliphatic heterocycles. The number of nitrogens with one attached hydrogen (secondary N) is 1. The molecule has 3 nitrogen and oxygen atoms in total. The number of anilines is 1. The first kappa shape index (κ1) is 21.6. The number of carbonyl (C=O) groups excluding carboxylic acids is 1. The van der Waals surface area contributed by atoms with Crippen LogP contribution in [0.3, 0.4) is 0 Å². The molecule has 0 saturated carbocycles. The van der Waals surface area contributed by atoms with Gasteiger partial charge in [-0.2, -0.15) is 0 Å². The molecule has 0 fully saturated rings. The quantitative estimate of drug-likeness (QED) is 0.432. The molecule has 3 aromatic carbocycles. The van der Waals surface area contributed by atoms with Gasteiger partial charge in [-0.05, 0) is 60.2 Å². The Balaban J connectivity index is 1.68. The van der Waals surface area contributed by atoms with Crippen LogP contribution in [0.15, 0.2) is 60.7 Å². The number of rotatable bonds is 4. The Morgan fingerprint density at radius 3 is 2.61 bits per heavy atom. The van der Waals surface area contributed by atoms with E-state index in [0.29, 0.717) is 10.0 Å². The number of aryl methyl sites for hydroxylation is 1. The summed E-state index contributed by atoms with van der Waals surface area (Å²) in [6.45, 7) is 0.255. The van der Waals surface area contributed by atoms with Crippen LogP contribution in [-0.4, -0.2) is 10.9 Å². The second kappa shape index (κ2) is 9.25. The van der Waals surface area contributed by atoms with E-state index < -0.39 is 17.7 Å². The smallest absolute Gasteiger partial charge is 0.313 e. The number of carbonyl (C=O) groups is 1. The third kappa shape index (κ3) is 4.83. The molecule has 7 heteroatoms. The Morgan fingerprint density at radius 1 is 1.03 bits per heavy atom. The van der Waals surface area contributed by atoms with Gasteiger partial charge in [-0.3, -0.25) is 0 Å². The van der Waals surface area contributed by atoms with Gasteiger partial charge in [0.05, 0.1) is 21.8 Å². The van der Waals surface area contributed by atoms with Crippen LogP contribution in [0.5, 0.6) is 0 Å². The molecule has 0 saturated heterocycles. The molecule has 0 bridgehead atoms. The molecule has 0 heterocycles. The summed E-state index contributed by atoms with van der Waals surface area (Å²) in [5.41, 5.74) is 2.99. The van der Waals surface area contributed by atoms with E-state index in [-0.39, 0.29) is 18.3 Å². The zero-order chi connectivity index (χ0) is 22.0. The summed E-state index contributed by atoms with van der Waals surface area (Å²) in [6, 6.07) is 15.6. The molecule has 1 N–H and O–H groups in total. The second-order valence-corrected chi connectivity index (χ2v) is 8.35. The van der Waals surface area contributed by atoms with E-state index >= 15 is 0 Å².